The Morgan fingerprint density at radius 1 is 1.59 bits per heavy atom. The number of ether oxygens (including phenoxy) is 1. The van der Waals surface area contributed by atoms with Crippen molar-refractivity contribution in [1.82, 2.24) is 10.3 Å². The van der Waals surface area contributed by atoms with E-state index in [-0.39, 0.29) is 18.1 Å². The van der Waals surface area contributed by atoms with Crippen LogP contribution in [0.2, 0.25) is 0 Å². The Morgan fingerprint density at radius 2 is 2.35 bits per heavy atom. The van der Waals surface area contributed by atoms with E-state index in [1.807, 2.05) is 11.6 Å². The van der Waals surface area contributed by atoms with Gasteiger partial charge in [-0.15, -0.1) is 11.3 Å². The van der Waals surface area contributed by atoms with Crippen LogP contribution in [-0.2, 0) is 4.74 Å². The molecule has 0 bridgehead atoms. The minimum atomic E-state index is -0.0101. The summed E-state index contributed by atoms with van der Waals surface area (Å²) in [4.78, 5) is 4.30. The van der Waals surface area contributed by atoms with Gasteiger partial charge in [-0.3, -0.25) is 0 Å². The van der Waals surface area contributed by atoms with Gasteiger partial charge in [0, 0.05) is 36.8 Å². The summed E-state index contributed by atoms with van der Waals surface area (Å²) in [5.74, 6) is 0. The predicted molar refractivity (Wildman–Crippen MR) is 68.1 cm³/mol. The van der Waals surface area contributed by atoms with Gasteiger partial charge in [0.05, 0.1) is 12.6 Å². The van der Waals surface area contributed by atoms with E-state index in [2.05, 4.69) is 17.2 Å². The van der Waals surface area contributed by atoms with Crippen LogP contribution in [0.25, 0.3) is 0 Å². The number of hydrogen-bond acceptors (Lipinski definition) is 5. The first-order valence-corrected chi connectivity index (χ1v) is 6.95. The molecule has 2 heterocycles. The van der Waals surface area contributed by atoms with Gasteiger partial charge >= 0.3 is 0 Å². The molecule has 1 aromatic rings. The molecule has 0 radical (unpaired) electrons. The zero-order valence-corrected chi connectivity index (χ0v) is 11.0. The molecule has 0 aromatic carbocycles. The molecule has 1 atom stereocenters. The Labute approximate surface area is 106 Å². The monoisotopic (exact) mass is 256 g/mol. The van der Waals surface area contributed by atoms with E-state index in [1.54, 1.807) is 11.3 Å². The summed E-state index contributed by atoms with van der Waals surface area (Å²) in [6.07, 6.45) is 3.69. The second-order valence-electron chi connectivity index (χ2n) is 4.74. The Bertz CT molecular complexity index is 323. The molecule has 2 rings (SSSR count). The molecule has 0 amide bonds. The van der Waals surface area contributed by atoms with Gasteiger partial charge in [0.15, 0.2) is 0 Å². The van der Waals surface area contributed by atoms with Crippen molar-refractivity contribution in [2.24, 2.45) is 5.41 Å². The maximum absolute atomic E-state index is 9.58. The first kappa shape index (κ1) is 13.0. The third-order valence-electron chi connectivity index (χ3n) is 3.49. The fourth-order valence-electron chi connectivity index (χ4n) is 2.10. The highest BCUT2D eigenvalue weighted by atomic mass is 32.1. The maximum Gasteiger partial charge on any atom is 0.109 e. The molecule has 1 aliphatic heterocycles. The lowest BCUT2D eigenvalue weighted by molar-refractivity contribution is -0.0163. The van der Waals surface area contributed by atoms with Gasteiger partial charge in [0.2, 0.25) is 0 Å². The van der Waals surface area contributed by atoms with Crippen LogP contribution in [0.4, 0.5) is 0 Å². The third-order valence-corrected chi connectivity index (χ3v) is 4.45. The second kappa shape index (κ2) is 5.91. The summed E-state index contributed by atoms with van der Waals surface area (Å²) in [7, 11) is 0. The molecule has 1 saturated heterocycles. The number of thiazole rings is 1. The van der Waals surface area contributed by atoms with Crippen molar-refractivity contribution < 1.29 is 9.84 Å². The molecule has 2 N–H and O–H groups in total. The lowest BCUT2D eigenvalue weighted by Crippen LogP contribution is -2.42. The number of rotatable bonds is 5. The van der Waals surface area contributed by atoms with E-state index in [0.717, 1.165) is 37.6 Å². The third kappa shape index (κ3) is 3.25. The average Bonchev–Trinajstić information content (AvgIpc) is 2.91. The Kier molecular flexibility index (Phi) is 4.50. The van der Waals surface area contributed by atoms with Crippen LogP contribution in [-0.4, -0.2) is 36.5 Å². The van der Waals surface area contributed by atoms with Crippen LogP contribution < -0.4 is 5.32 Å². The topological polar surface area (TPSA) is 54.4 Å². The van der Waals surface area contributed by atoms with Gasteiger partial charge in [0.25, 0.3) is 0 Å². The van der Waals surface area contributed by atoms with Crippen molar-refractivity contribution in [3.8, 4) is 0 Å². The van der Waals surface area contributed by atoms with E-state index in [1.165, 1.54) is 0 Å². The van der Waals surface area contributed by atoms with Gasteiger partial charge < -0.3 is 15.2 Å². The minimum Gasteiger partial charge on any atom is -0.396 e. The number of aliphatic hydroxyl groups is 1. The Hall–Kier alpha value is -0.490. The summed E-state index contributed by atoms with van der Waals surface area (Å²) in [6.45, 7) is 4.69. The Morgan fingerprint density at radius 3 is 2.94 bits per heavy atom. The summed E-state index contributed by atoms with van der Waals surface area (Å²) >= 11 is 1.66. The van der Waals surface area contributed by atoms with Crippen molar-refractivity contribution in [2.75, 3.05) is 26.4 Å². The van der Waals surface area contributed by atoms with Gasteiger partial charge in [-0.25, -0.2) is 4.98 Å². The molecule has 5 heteroatoms. The molecule has 0 saturated carbocycles. The molecule has 1 aromatic heterocycles. The minimum absolute atomic E-state index is 0.0101. The number of nitrogens with one attached hydrogen (secondary N) is 1. The van der Waals surface area contributed by atoms with E-state index in [4.69, 9.17) is 4.74 Å². The van der Waals surface area contributed by atoms with Crippen LogP contribution in [0.15, 0.2) is 11.6 Å². The molecule has 4 nitrogen and oxygen atoms in total. The zero-order chi connectivity index (χ0) is 12.1. The SMILES string of the molecule is CC(NCC1(CO)CCOCC1)c1nccs1. The van der Waals surface area contributed by atoms with E-state index < -0.39 is 0 Å². The molecule has 0 aliphatic carbocycles. The molecular formula is C12H20N2O2S. The first-order chi connectivity index (χ1) is 8.26. The van der Waals surface area contributed by atoms with Gasteiger partial charge in [0.1, 0.15) is 5.01 Å². The fourth-order valence-corrected chi connectivity index (χ4v) is 2.77. The molecule has 1 fully saturated rings. The van der Waals surface area contributed by atoms with Crippen LogP contribution in [0, 0.1) is 5.41 Å². The molecule has 0 spiro atoms. The number of nitrogens with zero attached hydrogens (tertiary/aromatic N) is 1. The molecule has 96 valence electrons. The fraction of sp³-hybridized carbons (Fsp3) is 0.750. The average molecular weight is 256 g/mol. The molecule has 1 unspecified atom stereocenters. The van der Waals surface area contributed by atoms with Gasteiger partial charge in [-0.1, -0.05) is 0 Å². The Balaban J connectivity index is 1.87. The number of hydrogen-bond donors (Lipinski definition) is 2. The molecule has 1 aliphatic rings. The van der Waals surface area contributed by atoms with Crippen molar-refractivity contribution in [3.05, 3.63) is 16.6 Å². The normalized spacial score (nSPS) is 21.3. The summed E-state index contributed by atoms with van der Waals surface area (Å²) in [6, 6.07) is 0.251. The van der Waals surface area contributed by atoms with Crippen molar-refractivity contribution in [3.63, 3.8) is 0 Å². The van der Waals surface area contributed by atoms with Gasteiger partial charge in [-0.05, 0) is 19.8 Å². The van der Waals surface area contributed by atoms with Gasteiger partial charge in [-0.2, -0.15) is 0 Å². The highest BCUT2D eigenvalue weighted by Gasteiger charge is 2.32. The van der Waals surface area contributed by atoms with Crippen molar-refractivity contribution in [1.29, 1.82) is 0 Å². The largest absolute Gasteiger partial charge is 0.396 e. The summed E-state index contributed by atoms with van der Waals surface area (Å²) in [5, 5.41) is 16.1. The summed E-state index contributed by atoms with van der Waals surface area (Å²) < 4.78 is 5.36. The lowest BCUT2D eigenvalue weighted by atomic mass is 9.81. The second-order valence-corrected chi connectivity index (χ2v) is 5.67. The highest BCUT2D eigenvalue weighted by Crippen LogP contribution is 2.30. The molecule has 17 heavy (non-hydrogen) atoms. The predicted octanol–water partition coefficient (Wildman–Crippen LogP) is 1.58. The number of aromatic nitrogens is 1. The first-order valence-electron chi connectivity index (χ1n) is 6.07. The van der Waals surface area contributed by atoms with Crippen LogP contribution >= 0.6 is 11.3 Å². The quantitative estimate of drug-likeness (QED) is 0.840. The zero-order valence-electron chi connectivity index (χ0n) is 10.2. The highest BCUT2D eigenvalue weighted by molar-refractivity contribution is 7.09. The van der Waals surface area contributed by atoms with E-state index in [9.17, 15) is 5.11 Å². The van der Waals surface area contributed by atoms with Crippen LogP contribution in [0.3, 0.4) is 0 Å². The standard InChI is InChI=1S/C12H20N2O2S/c1-10(11-13-4-7-17-11)14-8-12(9-15)2-5-16-6-3-12/h4,7,10,14-15H,2-3,5-6,8-9H2,1H3. The van der Waals surface area contributed by atoms with E-state index >= 15 is 0 Å². The maximum atomic E-state index is 9.58. The smallest absolute Gasteiger partial charge is 0.109 e. The van der Waals surface area contributed by atoms with Crippen molar-refractivity contribution >= 4 is 11.3 Å². The van der Waals surface area contributed by atoms with E-state index in [0.29, 0.717) is 0 Å². The molecular weight excluding hydrogens is 236 g/mol. The number of aliphatic hydroxyl groups excluding tert-OH is 1. The van der Waals surface area contributed by atoms with Crippen LogP contribution in [0.5, 0.6) is 0 Å². The van der Waals surface area contributed by atoms with Crippen molar-refractivity contribution in [2.45, 2.75) is 25.8 Å². The lowest BCUT2D eigenvalue weighted by Gasteiger charge is -2.36. The summed E-state index contributed by atoms with van der Waals surface area (Å²) in [5.41, 5.74) is -0.0101. The van der Waals surface area contributed by atoms with Crippen LogP contribution in [0.1, 0.15) is 30.8 Å².